The smallest absolute Gasteiger partial charge is 0.248 e. The molecule has 1 atom stereocenters. The van der Waals surface area contributed by atoms with Crippen LogP contribution >= 0.6 is 0 Å². The Bertz CT molecular complexity index is 1380. The van der Waals surface area contributed by atoms with Crippen LogP contribution in [-0.2, 0) is 14.8 Å². The van der Waals surface area contributed by atoms with Crippen LogP contribution < -0.4 is 5.32 Å². The summed E-state index contributed by atoms with van der Waals surface area (Å²) >= 11 is 0. The first kappa shape index (κ1) is 24.8. The molecule has 184 valence electrons. The number of carbonyl (C=O) groups excluding carboxylic acids is 1. The number of nitrogens with zero attached hydrogens (tertiary/aromatic N) is 2. The van der Waals surface area contributed by atoms with Gasteiger partial charge in [0.2, 0.25) is 15.9 Å². The molecule has 9 heteroatoms. The van der Waals surface area contributed by atoms with Gasteiger partial charge in [-0.05, 0) is 62.9 Å². The highest BCUT2D eigenvalue weighted by Gasteiger charge is 2.37. The van der Waals surface area contributed by atoms with E-state index in [0.29, 0.717) is 12.8 Å². The fraction of sp³-hybridized carbons (Fsp3) is 0.308. The number of hydrogen-bond donors (Lipinski definition) is 1. The largest absolute Gasteiger partial charge is 0.355 e. The van der Waals surface area contributed by atoms with Crippen molar-refractivity contribution < 1.29 is 22.1 Å². The summed E-state index contributed by atoms with van der Waals surface area (Å²) in [6, 6.07) is 11.9. The second kappa shape index (κ2) is 10.1. The maximum absolute atomic E-state index is 14.0. The van der Waals surface area contributed by atoms with Gasteiger partial charge >= 0.3 is 0 Å². The second-order valence-electron chi connectivity index (χ2n) is 8.83. The van der Waals surface area contributed by atoms with Crippen LogP contribution in [0.2, 0.25) is 0 Å². The van der Waals surface area contributed by atoms with E-state index < -0.39 is 27.7 Å². The topological polar surface area (TPSA) is 92.5 Å². The summed E-state index contributed by atoms with van der Waals surface area (Å²) in [5.41, 5.74) is 3.41. The van der Waals surface area contributed by atoms with E-state index in [2.05, 4.69) is 10.5 Å². The Hall–Kier alpha value is -3.30. The average Bonchev–Trinajstić information content (AvgIpc) is 3.22. The number of aromatic nitrogens is 1. The summed E-state index contributed by atoms with van der Waals surface area (Å²) in [7, 11) is -3.98. The molecule has 3 aromatic rings. The van der Waals surface area contributed by atoms with Crippen LogP contribution in [0.4, 0.5) is 10.1 Å². The predicted octanol–water partition coefficient (Wildman–Crippen LogP) is 4.95. The minimum Gasteiger partial charge on any atom is -0.355 e. The number of aryl methyl sites for hydroxylation is 3. The van der Waals surface area contributed by atoms with E-state index in [9.17, 15) is 17.6 Å². The molecule has 4 rings (SSSR count). The van der Waals surface area contributed by atoms with Crippen LogP contribution in [0.5, 0.6) is 0 Å². The number of carbonyl (C=O) groups is 1. The van der Waals surface area contributed by atoms with E-state index in [1.165, 1.54) is 22.5 Å². The number of nitrogens with one attached hydrogen (secondary N) is 1. The van der Waals surface area contributed by atoms with Gasteiger partial charge in [0.25, 0.3) is 0 Å². The Morgan fingerprint density at radius 3 is 2.71 bits per heavy atom. The van der Waals surface area contributed by atoms with E-state index in [1.54, 1.807) is 19.1 Å². The highest BCUT2D eigenvalue weighted by molar-refractivity contribution is 7.89. The fourth-order valence-electron chi connectivity index (χ4n) is 4.20. The molecule has 0 spiro atoms. The summed E-state index contributed by atoms with van der Waals surface area (Å²) in [5.74, 6) is -1.41. The molecule has 1 aromatic heterocycles. The third-order valence-electron chi connectivity index (χ3n) is 6.17. The molecule has 1 fully saturated rings. The van der Waals surface area contributed by atoms with Crippen LogP contribution in [0.15, 0.2) is 51.9 Å². The van der Waals surface area contributed by atoms with Crippen LogP contribution in [0.3, 0.4) is 0 Å². The number of amides is 1. The minimum absolute atomic E-state index is 0.00535. The highest BCUT2D eigenvalue weighted by atomic mass is 32.2. The highest BCUT2D eigenvalue weighted by Crippen LogP contribution is 2.30. The van der Waals surface area contributed by atoms with Crippen LogP contribution in [0, 0.1) is 32.5 Å². The molecule has 2 heterocycles. The van der Waals surface area contributed by atoms with Gasteiger partial charge in [0.05, 0.1) is 11.6 Å². The Morgan fingerprint density at radius 1 is 1.17 bits per heavy atom. The molecule has 0 bridgehead atoms. The minimum atomic E-state index is -3.98. The second-order valence-corrected chi connectivity index (χ2v) is 10.7. The maximum atomic E-state index is 14.0. The summed E-state index contributed by atoms with van der Waals surface area (Å²) in [4.78, 5) is 12.8. The lowest BCUT2D eigenvalue weighted by molar-refractivity contribution is -0.120. The van der Waals surface area contributed by atoms with Gasteiger partial charge in [0.15, 0.2) is 10.7 Å². The fourth-order valence-corrected chi connectivity index (χ4v) is 5.98. The molecule has 0 unspecified atom stereocenters. The molecule has 1 aliphatic rings. The SMILES string of the molecule is Cc1ccc(C)c(/C=C/c2onc(C)c2S(=O)(=O)N2CCC[C@@H](C(=O)Nc3ccccc3F)C2)c1. The van der Waals surface area contributed by atoms with Crippen molar-refractivity contribution in [1.29, 1.82) is 0 Å². The molecular weight excluding hydrogens is 469 g/mol. The van der Waals surface area contributed by atoms with Gasteiger partial charge in [-0.25, -0.2) is 12.8 Å². The third-order valence-corrected chi connectivity index (χ3v) is 8.19. The number of rotatable bonds is 6. The van der Waals surface area contributed by atoms with Gasteiger partial charge < -0.3 is 9.84 Å². The zero-order valence-corrected chi connectivity index (χ0v) is 20.7. The number of piperidine rings is 1. The first-order valence-corrected chi connectivity index (χ1v) is 12.9. The monoisotopic (exact) mass is 497 g/mol. The molecule has 1 saturated heterocycles. The lowest BCUT2D eigenvalue weighted by Gasteiger charge is -2.31. The van der Waals surface area contributed by atoms with Crippen molar-refractivity contribution in [2.24, 2.45) is 5.92 Å². The molecule has 1 amide bonds. The third kappa shape index (κ3) is 5.36. The summed E-state index contributed by atoms with van der Waals surface area (Å²) in [5, 5.41) is 6.48. The first-order chi connectivity index (χ1) is 16.7. The van der Waals surface area contributed by atoms with Gasteiger partial charge in [0.1, 0.15) is 11.5 Å². The Labute approximate surface area is 204 Å². The van der Waals surface area contributed by atoms with E-state index in [4.69, 9.17) is 4.52 Å². The molecule has 35 heavy (non-hydrogen) atoms. The van der Waals surface area contributed by atoms with Crippen molar-refractivity contribution in [2.75, 3.05) is 18.4 Å². The number of para-hydroxylation sites is 1. The predicted molar refractivity (Wildman–Crippen MR) is 133 cm³/mol. The van der Waals surface area contributed by atoms with Gasteiger partial charge in [-0.1, -0.05) is 47.1 Å². The van der Waals surface area contributed by atoms with Crippen molar-refractivity contribution in [3.63, 3.8) is 0 Å². The Morgan fingerprint density at radius 2 is 1.94 bits per heavy atom. The number of hydrogen-bond acceptors (Lipinski definition) is 5. The molecule has 0 aliphatic carbocycles. The van der Waals surface area contributed by atoms with E-state index in [0.717, 1.165) is 16.7 Å². The van der Waals surface area contributed by atoms with E-state index >= 15 is 0 Å². The maximum Gasteiger partial charge on any atom is 0.248 e. The summed E-state index contributed by atoms with van der Waals surface area (Å²) < 4.78 is 47.8. The Balaban J connectivity index is 1.56. The lowest BCUT2D eigenvalue weighted by Crippen LogP contribution is -2.44. The van der Waals surface area contributed by atoms with Crippen molar-refractivity contribution in [1.82, 2.24) is 9.46 Å². The zero-order valence-electron chi connectivity index (χ0n) is 19.9. The normalized spacial score (nSPS) is 17.1. The van der Waals surface area contributed by atoms with Gasteiger partial charge in [-0.2, -0.15) is 4.31 Å². The Kier molecular flexibility index (Phi) is 7.18. The average molecular weight is 498 g/mol. The summed E-state index contributed by atoms with van der Waals surface area (Å²) in [6.07, 6.45) is 4.43. The van der Waals surface area contributed by atoms with Crippen LogP contribution in [0.25, 0.3) is 12.2 Å². The first-order valence-electron chi connectivity index (χ1n) is 11.4. The number of halogens is 1. The molecule has 2 aromatic carbocycles. The van der Waals surface area contributed by atoms with Crippen LogP contribution in [0.1, 0.15) is 41.0 Å². The van der Waals surface area contributed by atoms with Gasteiger partial charge in [0, 0.05) is 13.1 Å². The molecule has 0 saturated carbocycles. The van der Waals surface area contributed by atoms with Crippen molar-refractivity contribution in [2.45, 2.75) is 38.5 Å². The number of anilines is 1. The molecule has 1 aliphatic heterocycles. The standard InChI is InChI=1S/C26H28FN3O4S/c1-17-10-11-18(2)20(15-17)12-13-24-25(19(3)29-34-24)35(32,33)30-14-6-7-21(16-30)26(31)28-23-9-5-4-8-22(23)27/h4-5,8-13,15,21H,6-7,14,16H2,1-3H3,(H,28,31)/b13-12+/t21-/m1/s1. The molecule has 1 N–H and O–H groups in total. The lowest BCUT2D eigenvalue weighted by atomic mass is 9.98. The van der Waals surface area contributed by atoms with E-state index in [-0.39, 0.29) is 35.1 Å². The van der Waals surface area contributed by atoms with Crippen LogP contribution in [-0.4, -0.2) is 36.9 Å². The number of benzene rings is 2. The van der Waals surface area contributed by atoms with Crippen molar-refractivity contribution >= 4 is 33.8 Å². The molecule has 7 nitrogen and oxygen atoms in total. The van der Waals surface area contributed by atoms with Crippen molar-refractivity contribution in [3.8, 4) is 0 Å². The van der Waals surface area contributed by atoms with Gasteiger partial charge in [-0.3, -0.25) is 4.79 Å². The van der Waals surface area contributed by atoms with E-state index in [1.807, 2.05) is 38.1 Å². The molecular formula is C26H28FN3O4S. The zero-order chi connectivity index (χ0) is 25.2. The summed E-state index contributed by atoms with van der Waals surface area (Å²) in [6.45, 7) is 5.81. The van der Waals surface area contributed by atoms with Gasteiger partial charge in [-0.15, -0.1) is 0 Å². The molecule has 0 radical (unpaired) electrons. The number of sulfonamides is 1. The quantitative estimate of drug-likeness (QED) is 0.520. The van der Waals surface area contributed by atoms with Crippen molar-refractivity contribution in [3.05, 3.63) is 76.4 Å².